The molecule has 0 aromatic heterocycles. The zero-order chi connectivity index (χ0) is 6.57. The number of aliphatic hydroxyl groups excluding tert-OH is 3. The van der Waals surface area contributed by atoms with E-state index in [0.717, 1.165) is 0 Å². The Balaban J connectivity index is 3.44. The third-order valence-corrected chi connectivity index (χ3v) is 0.721. The Morgan fingerprint density at radius 3 is 2.12 bits per heavy atom. The summed E-state index contributed by atoms with van der Waals surface area (Å²) in [6, 6.07) is 0. The van der Waals surface area contributed by atoms with E-state index in [-0.39, 0.29) is 6.29 Å². The molecule has 4 nitrogen and oxygen atoms in total. The zero-order valence-electron chi connectivity index (χ0n) is 4.19. The maximum absolute atomic E-state index is 9.58. The summed E-state index contributed by atoms with van der Waals surface area (Å²) >= 11 is 0. The van der Waals surface area contributed by atoms with Gasteiger partial charge in [-0.15, -0.1) is 0 Å². The van der Waals surface area contributed by atoms with Crippen LogP contribution < -0.4 is 0 Å². The molecule has 0 saturated carbocycles. The fourth-order valence-electron chi connectivity index (χ4n) is 0.199. The molecule has 0 spiro atoms. The molecule has 0 aromatic rings. The molecule has 0 aliphatic heterocycles. The predicted octanol–water partition coefficient (Wildman–Crippen LogP) is -2.10. The Hall–Kier alpha value is -0.450. The highest BCUT2D eigenvalue weighted by atomic mass is 16.4. The van der Waals surface area contributed by atoms with E-state index in [9.17, 15) is 4.79 Å². The Morgan fingerprint density at radius 2 is 2.00 bits per heavy atom. The second kappa shape index (κ2) is 3.54. The Morgan fingerprint density at radius 1 is 1.50 bits per heavy atom. The van der Waals surface area contributed by atoms with Crippen LogP contribution in [0.15, 0.2) is 0 Å². The number of rotatable bonds is 3. The van der Waals surface area contributed by atoms with Gasteiger partial charge in [-0.05, 0) is 0 Å². The third-order valence-electron chi connectivity index (χ3n) is 0.721. The van der Waals surface area contributed by atoms with Gasteiger partial charge >= 0.3 is 0 Å². The summed E-state index contributed by atoms with van der Waals surface area (Å²) in [6.07, 6.45) is -2.63. The van der Waals surface area contributed by atoms with Crippen molar-refractivity contribution in [1.29, 1.82) is 0 Å². The van der Waals surface area contributed by atoms with Crippen LogP contribution in [0.2, 0.25) is 0 Å². The van der Waals surface area contributed by atoms with E-state index in [1.807, 2.05) is 0 Å². The molecule has 0 bridgehead atoms. The van der Waals surface area contributed by atoms with E-state index in [2.05, 4.69) is 0 Å². The van der Waals surface area contributed by atoms with Gasteiger partial charge in [0.1, 0.15) is 12.2 Å². The van der Waals surface area contributed by atoms with Crippen LogP contribution in [0, 0.1) is 0 Å². The molecule has 1 unspecified atom stereocenters. The summed E-state index contributed by atoms with van der Waals surface area (Å²) in [5, 5.41) is 24.8. The van der Waals surface area contributed by atoms with E-state index in [1.165, 1.54) is 0 Å². The van der Waals surface area contributed by atoms with Crippen molar-refractivity contribution in [1.82, 2.24) is 0 Å². The highest BCUT2D eigenvalue weighted by Gasteiger charge is 2.12. The summed E-state index contributed by atoms with van der Waals surface area (Å²) in [7, 11) is 0. The zero-order valence-corrected chi connectivity index (χ0v) is 4.19. The van der Waals surface area contributed by atoms with Crippen LogP contribution in [0.5, 0.6) is 0 Å². The van der Waals surface area contributed by atoms with E-state index in [1.54, 1.807) is 0 Å². The van der Waals surface area contributed by atoms with Crippen LogP contribution >= 0.6 is 0 Å². The maximum atomic E-state index is 9.58. The molecule has 0 saturated heterocycles. The SMILES string of the molecule is O=CC(O)[C@H](O)CO. The fourth-order valence-corrected chi connectivity index (χ4v) is 0.199. The molecule has 0 aliphatic carbocycles. The van der Waals surface area contributed by atoms with Gasteiger partial charge in [0, 0.05) is 0 Å². The molecule has 0 aromatic carbocycles. The van der Waals surface area contributed by atoms with Crippen molar-refractivity contribution >= 4 is 6.29 Å². The lowest BCUT2D eigenvalue weighted by Gasteiger charge is -2.06. The first-order valence-corrected chi connectivity index (χ1v) is 2.14. The minimum absolute atomic E-state index is 0.168. The van der Waals surface area contributed by atoms with Gasteiger partial charge in [-0.3, -0.25) is 0 Å². The van der Waals surface area contributed by atoms with Crippen molar-refractivity contribution in [3.63, 3.8) is 0 Å². The lowest BCUT2D eigenvalue weighted by atomic mass is 10.2. The second-order valence-electron chi connectivity index (χ2n) is 1.38. The van der Waals surface area contributed by atoms with Crippen LogP contribution in [0.4, 0.5) is 0 Å². The summed E-state index contributed by atoms with van der Waals surface area (Å²) in [6.45, 7) is -0.597. The van der Waals surface area contributed by atoms with Gasteiger partial charge in [0.05, 0.1) is 6.61 Å². The van der Waals surface area contributed by atoms with Gasteiger partial charge < -0.3 is 20.1 Å². The third kappa shape index (κ3) is 2.02. The number of aliphatic hydroxyl groups is 3. The molecule has 0 radical (unpaired) electrons. The molecule has 0 fully saturated rings. The summed E-state index contributed by atoms with van der Waals surface area (Å²) in [5.74, 6) is 0. The average Bonchev–Trinajstić information content (AvgIpc) is 1.84. The summed E-state index contributed by atoms with van der Waals surface area (Å²) < 4.78 is 0. The largest absolute Gasteiger partial charge is 0.394 e. The number of aldehydes is 1. The van der Waals surface area contributed by atoms with Crippen molar-refractivity contribution in [3.8, 4) is 0 Å². The normalized spacial score (nSPS) is 17.4. The molecule has 0 heterocycles. The minimum Gasteiger partial charge on any atom is -0.394 e. The van der Waals surface area contributed by atoms with Crippen LogP contribution in [0.25, 0.3) is 0 Å². The number of carbonyl (C=O) groups is 1. The molecule has 8 heavy (non-hydrogen) atoms. The molecule has 4 heteroatoms. The Bertz CT molecular complexity index is 72.4. The minimum atomic E-state index is -1.46. The van der Waals surface area contributed by atoms with E-state index in [0.29, 0.717) is 0 Å². The van der Waals surface area contributed by atoms with E-state index < -0.39 is 18.8 Å². The Kier molecular flexibility index (Phi) is 3.34. The van der Waals surface area contributed by atoms with Gasteiger partial charge in [0.25, 0.3) is 0 Å². The maximum Gasteiger partial charge on any atom is 0.151 e. The van der Waals surface area contributed by atoms with Crippen LogP contribution in [0.1, 0.15) is 0 Å². The molecule has 48 valence electrons. The fraction of sp³-hybridized carbons (Fsp3) is 0.750. The monoisotopic (exact) mass is 120 g/mol. The van der Waals surface area contributed by atoms with Gasteiger partial charge in [-0.2, -0.15) is 0 Å². The first-order chi connectivity index (χ1) is 3.72. The van der Waals surface area contributed by atoms with Crippen molar-refractivity contribution in [2.75, 3.05) is 6.61 Å². The highest BCUT2D eigenvalue weighted by Crippen LogP contribution is 1.85. The summed E-state index contributed by atoms with van der Waals surface area (Å²) in [4.78, 5) is 9.58. The molecule has 0 aliphatic rings. The molecular formula is C4H8O4. The molecule has 0 rings (SSSR count). The van der Waals surface area contributed by atoms with Crippen molar-refractivity contribution in [2.24, 2.45) is 0 Å². The standard InChI is InChI=1S/C4H8O4/c5-1-3(7)4(8)2-6/h1,3-4,6-8H,2H2/t3?,4-/m1/s1. The van der Waals surface area contributed by atoms with E-state index in [4.69, 9.17) is 15.3 Å². The average molecular weight is 120 g/mol. The van der Waals surface area contributed by atoms with Gasteiger partial charge in [-0.25, -0.2) is 0 Å². The smallest absolute Gasteiger partial charge is 0.151 e. The lowest BCUT2D eigenvalue weighted by Crippen LogP contribution is -2.30. The number of carbonyl (C=O) groups excluding carboxylic acids is 1. The Labute approximate surface area is 46.4 Å². The van der Waals surface area contributed by atoms with Gasteiger partial charge in [0.15, 0.2) is 6.29 Å². The van der Waals surface area contributed by atoms with Crippen LogP contribution in [0.3, 0.4) is 0 Å². The van der Waals surface area contributed by atoms with Crippen molar-refractivity contribution < 1.29 is 20.1 Å². The molecule has 2 atom stereocenters. The number of hydrogen-bond acceptors (Lipinski definition) is 4. The predicted molar refractivity (Wildman–Crippen MR) is 25.2 cm³/mol. The van der Waals surface area contributed by atoms with E-state index >= 15 is 0 Å². The summed E-state index contributed by atoms with van der Waals surface area (Å²) in [5.41, 5.74) is 0. The van der Waals surface area contributed by atoms with Gasteiger partial charge in [0.2, 0.25) is 0 Å². The second-order valence-corrected chi connectivity index (χ2v) is 1.38. The molecular weight excluding hydrogens is 112 g/mol. The van der Waals surface area contributed by atoms with Gasteiger partial charge in [-0.1, -0.05) is 0 Å². The topological polar surface area (TPSA) is 77.8 Å². The van der Waals surface area contributed by atoms with Crippen LogP contribution in [-0.2, 0) is 4.79 Å². The molecule has 3 N–H and O–H groups in total. The highest BCUT2D eigenvalue weighted by molar-refractivity contribution is 5.56. The first-order valence-electron chi connectivity index (χ1n) is 2.14. The first kappa shape index (κ1) is 7.55. The van der Waals surface area contributed by atoms with Crippen LogP contribution in [-0.4, -0.2) is 40.4 Å². The van der Waals surface area contributed by atoms with Crippen molar-refractivity contribution in [2.45, 2.75) is 12.2 Å². The quantitative estimate of drug-likeness (QED) is 0.373. The number of hydrogen-bond donors (Lipinski definition) is 3. The lowest BCUT2D eigenvalue weighted by molar-refractivity contribution is -0.121. The van der Waals surface area contributed by atoms with Crippen molar-refractivity contribution in [3.05, 3.63) is 0 Å². The molecule has 0 amide bonds.